The summed E-state index contributed by atoms with van der Waals surface area (Å²) in [4.78, 5) is 15.4. The van der Waals surface area contributed by atoms with Crippen LogP contribution in [0.25, 0.3) is 0 Å². The van der Waals surface area contributed by atoms with E-state index < -0.39 is 16.6 Å². The normalized spacial score (nSPS) is 13.1. The highest BCUT2D eigenvalue weighted by molar-refractivity contribution is 7.72. The molecule has 0 heterocycles. The number of carbonyl (C=O) groups is 1. The molecule has 1 radical (unpaired) electrons. The minimum absolute atomic E-state index is 0.100. The monoisotopic (exact) mass is 249 g/mol. The second kappa shape index (κ2) is 7.62. The Balaban J connectivity index is 4.26. The molecule has 0 aromatic heterocycles. The Morgan fingerprint density at radius 1 is 1.25 bits per heavy atom. The Labute approximate surface area is 99.4 Å². The van der Waals surface area contributed by atoms with Crippen LogP contribution in [0, 0.1) is 12.3 Å². The number of amides is 1. The van der Waals surface area contributed by atoms with Crippen LogP contribution in [0.3, 0.4) is 0 Å². The fraction of sp³-hybridized carbons (Fsp3) is 0.800. The lowest BCUT2D eigenvalue weighted by Crippen LogP contribution is -2.38. The van der Waals surface area contributed by atoms with E-state index in [0.29, 0.717) is 6.54 Å². The van der Waals surface area contributed by atoms with Crippen molar-refractivity contribution in [3.8, 4) is 0 Å². The van der Waals surface area contributed by atoms with E-state index in [-0.39, 0.29) is 11.7 Å². The number of likely N-dealkylation sites (N-methyl/N-ethyl adjacent to an activating group) is 2. The molecule has 0 rings (SSSR count). The number of carbonyl (C=O) groups excluding carboxylic acids is 1. The molecule has 16 heavy (non-hydrogen) atoms. The lowest BCUT2D eigenvalue weighted by molar-refractivity contribution is -0.132. The minimum atomic E-state index is -2.51. The van der Waals surface area contributed by atoms with Gasteiger partial charge in [-0.3, -0.25) is 4.79 Å². The van der Waals surface area contributed by atoms with Crippen molar-refractivity contribution >= 4 is 16.6 Å². The average Bonchev–Trinajstić information content (AvgIpc) is 2.21. The van der Waals surface area contributed by atoms with Crippen molar-refractivity contribution in [2.24, 2.45) is 5.92 Å². The summed E-state index contributed by atoms with van der Waals surface area (Å²) in [6, 6.07) is 0. The second-order valence-corrected chi connectivity index (χ2v) is 5.05. The summed E-state index contributed by atoms with van der Waals surface area (Å²) >= 11 is 0. The zero-order chi connectivity index (χ0) is 12.7. The first-order valence-electron chi connectivity index (χ1n) is 5.19. The molecule has 0 bridgehead atoms. The number of hydrogen-bond donors (Lipinski definition) is 1. The van der Waals surface area contributed by atoms with Gasteiger partial charge in [-0.2, -0.15) is 0 Å². The van der Waals surface area contributed by atoms with E-state index in [9.17, 15) is 13.2 Å². The molecule has 0 aromatic rings. The van der Waals surface area contributed by atoms with Gasteiger partial charge in [-0.1, -0.05) is 6.92 Å². The van der Waals surface area contributed by atoms with Gasteiger partial charge in [0.1, 0.15) is 10.7 Å². The predicted octanol–water partition coefficient (Wildman–Crippen LogP) is -0.542. The molecule has 0 aliphatic carbocycles. The third kappa shape index (κ3) is 6.07. The highest BCUT2D eigenvalue weighted by Crippen LogP contribution is 2.06. The zero-order valence-electron chi connectivity index (χ0n) is 10.3. The van der Waals surface area contributed by atoms with Crippen LogP contribution in [0.5, 0.6) is 0 Å². The molecule has 0 aliphatic rings. The molecule has 0 saturated carbocycles. The minimum Gasteiger partial charge on any atom is -0.344 e. The van der Waals surface area contributed by atoms with E-state index in [0.717, 1.165) is 6.54 Å². The second-order valence-electron chi connectivity index (χ2n) is 4.02. The van der Waals surface area contributed by atoms with Crippen LogP contribution in [0.15, 0.2) is 0 Å². The van der Waals surface area contributed by atoms with Gasteiger partial charge in [0, 0.05) is 20.1 Å². The van der Waals surface area contributed by atoms with Gasteiger partial charge in [-0.05, 0) is 20.5 Å². The van der Waals surface area contributed by atoms with Gasteiger partial charge in [-0.15, -0.1) is 0 Å². The Morgan fingerprint density at radius 3 is 2.19 bits per heavy atom. The summed E-state index contributed by atoms with van der Waals surface area (Å²) in [7, 11) is 3.03. The molecule has 0 aromatic carbocycles. The van der Waals surface area contributed by atoms with E-state index in [1.165, 1.54) is 0 Å². The van der Waals surface area contributed by atoms with Crippen molar-refractivity contribution in [3.05, 3.63) is 6.42 Å². The Hall–Kier alpha value is -0.620. The van der Waals surface area contributed by atoms with Gasteiger partial charge in [0.05, 0.1) is 11.7 Å². The smallest absolute Gasteiger partial charge is 0.226 e. The highest BCUT2D eigenvalue weighted by Gasteiger charge is 2.21. The van der Waals surface area contributed by atoms with Crippen molar-refractivity contribution < 1.29 is 13.2 Å². The Kier molecular flexibility index (Phi) is 7.33. The van der Waals surface area contributed by atoms with Gasteiger partial charge >= 0.3 is 0 Å². The number of rotatable bonds is 7. The maximum absolute atomic E-state index is 11.8. The molecule has 0 unspecified atom stereocenters. The van der Waals surface area contributed by atoms with Crippen LogP contribution in [-0.2, 0) is 15.5 Å². The zero-order valence-corrected chi connectivity index (χ0v) is 11.2. The van der Waals surface area contributed by atoms with Crippen LogP contribution < -0.4 is 0 Å². The molecule has 0 fully saturated rings. The molecule has 0 spiro atoms. The van der Waals surface area contributed by atoms with Gasteiger partial charge in [0.25, 0.3) is 0 Å². The van der Waals surface area contributed by atoms with Gasteiger partial charge < -0.3 is 9.80 Å². The van der Waals surface area contributed by atoms with Crippen molar-refractivity contribution in [1.29, 1.82) is 0 Å². The molecule has 95 valence electrons. The SMILES string of the molecule is C[CH][C@H](C[SH](=O)=O)C(=O)N(C)CCN(C)C. The van der Waals surface area contributed by atoms with E-state index in [4.69, 9.17) is 0 Å². The predicted molar refractivity (Wildman–Crippen MR) is 64.8 cm³/mol. The molecule has 1 atom stereocenters. The summed E-state index contributed by atoms with van der Waals surface area (Å²) in [5, 5.41) is 0. The van der Waals surface area contributed by atoms with Gasteiger partial charge in [0.15, 0.2) is 0 Å². The molecule has 0 N–H and O–H groups in total. The molecule has 6 heteroatoms. The molecular formula is C10H21N2O3S. The Morgan fingerprint density at radius 2 is 1.81 bits per heavy atom. The Bertz CT molecular complexity index is 282. The first-order valence-corrected chi connectivity index (χ1v) is 6.55. The van der Waals surface area contributed by atoms with Gasteiger partial charge in [-0.25, -0.2) is 8.42 Å². The standard InChI is InChI=1S/C10H21N2O3S/c1-5-9(8-16(14)15)10(13)12(4)7-6-11(2)3/h5,9,16H,6-8H2,1-4H3/t9-/m1/s1. The first-order chi connectivity index (χ1) is 7.38. The van der Waals surface area contributed by atoms with Crippen molar-refractivity contribution in [1.82, 2.24) is 9.80 Å². The van der Waals surface area contributed by atoms with Crippen molar-refractivity contribution in [2.75, 3.05) is 40.0 Å². The third-order valence-corrected chi connectivity index (χ3v) is 3.02. The van der Waals surface area contributed by atoms with Crippen LogP contribution >= 0.6 is 0 Å². The molecule has 1 amide bonds. The van der Waals surface area contributed by atoms with Crippen molar-refractivity contribution in [2.45, 2.75) is 6.92 Å². The van der Waals surface area contributed by atoms with Crippen molar-refractivity contribution in [3.63, 3.8) is 0 Å². The van der Waals surface area contributed by atoms with Crippen LogP contribution in [0.4, 0.5) is 0 Å². The molecular weight excluding hydrogens is 228 g/mol. The van der Waals surface area contributed by atoms with Crippen LogP contribution in [0.1, 0.15) is 6.92 Å². The van der Waals surface area contributed by atoms with E-state index in [1.54, 1.807) is 25.3 Å². The van der Waals surface area contributed by atoms with E-state index in [1.807, 2.05) is 19.0 Å². The maximum Gasteiger partial charge on any atom is 0.226 e. The average molecular weight is 249 g/mol. The first kappa shape index (κ1) is 15.4. The lowest BCUT2D eigenvalue weighted by atomic mass is 10.1. The number of hydrogen-bond acceptors (Lipinski definition) is 4. The summed E-state index contributed by atoms with van der Waals surface area (Å²) in [5.74, 6) is -0.756. The molecule has 0 aliphatic heterocycles. The fourth-order valence-electron chi connectivity index (χ4n) is 1.23. The van der Waals surface area contributed by atoms with E-state index in [2.05, 4.69) is 0 Å². The van der Waals surface area contributed by atoms with Gasteiger partial charge in [0.2, 0.25) is 5.91 Å². The topological polar surface area (TPSA) is 57.7 Å². The number of thiol groups is 1. The molecule has 5 nitrogen and oxygen atoms in total. The summed E-state index contributed by atoms with van der Waals surface area (Å²) in [5.41, 5.74) is 0. The lowest BCUT2D eigenvalue weighted by Gasteiger charge is -2.23. The third-order valence-electron chi connectivity index (χ3n) is 2.32. The summed E-state index contributed by atoms with van der Waals surface area (Å²) in [6.07, 6.45) is 1.64. The summed E-state index contributed by atoms with van der Waals surface area (Å²) < 4.78 is 21.2. The summed E-state index contributed by atoms with van der Waals surface area (Å²) in [6.45, 7) is 3.08. The fourth-order valence-corrected chi connectivity index (χ4v) is 1.92. The van der Waals surface area contributed by atoms with E-state index >= 15 is 0 Å². The van der Waals surface area contributed by atoms with Crippen LogP contribution in [0.2, 0.25) is 0 Å². The quantitative estimate of drug-likeness (QED) is 0.616. The number of nitrogens with zero attached hydrogens (tertiary/aromatic N) is 2. The largest absolute Gasteiger partial charge is 0.344 e. The highest BCUT2D eigenvalue weighted by atomic mass is 32.2. The molecule has 0 saturated heterocycles. The van der Waals surface area contributed by atoms with Crippen LogP contribution in [-0.4, -0.2) is 64.1 Å². The maximum atomic E-state index is 11.8.